The first-order chi connectivity index (χ1) is 6.77. The second kappa shape index (κ2) is 6.46. The standard InChI is InChI=1S/C11H15Br2N/c1-10-3-2-4-11(9-10)14(7-5-12)8-6-13/h2-4,9H,5-8H2,1H3. The summed E-state index contributed by atoms with van der Waals surface area (Å²) in [6, 6.07) is 8.63. The van der Waals surface area contributed by atoms with Gasteiger partial charge in [0, 0.05) is 29.4 Å². The SMILES string of the molecule is Cc1cccc(N(CCBr)CCBr)c1. The first-order valence-electron chi connectivity index (χ1n) is 4.71. The van der Waals surface area contributed by atoms with Crippen molar-refractivity contribution in [1.82, 2.24) is 0 Å². The lowest BCUT2D eigenvalue weighted by Crippen LogP contribution is -2.27. The van der Waals surface area contributed by atoms with Crippen molar-refractivity contribution in [3.05, 3.63) is 29.8 Å². The van der Waals surface area contributed by atoms with Gasteiger partial charge in [0.25, 0.3) is 0 Å². The van der Waals surface area contributed by atoms with Crippen molar-refractivity contribution in [3.8, 4) is 0 Å². The van der Waals surface area contributed by atoms with Crippen LogP contribution < -0.4 is 4.90 Å². The number of hydrogen-bond donors (Lipinski definition) is 0. The van der Waals surface area contributed by atoms with Gasteiger partial charge in [0.15, 0.2) is 0 Å². The molecular weight excluding hydrogens is 306 g/mol. The Hall–Kier alpha value is -0.0200. The van der Waals surface area contributed by atoms with Gasteiger partial charge in [-0.25, -0.2) is 0 Å². The van der Waals surface area contributed by atoms with Gasteiger partial charge in [0.1, 0.15) is 0 Å². The van der Waals surface area contributed by atoms with Crippen molar-refractivity contribution in [2.45, 2.75) is 6.92 Å². The lowest BCUT2D eigenvalue weighted by atomic mass is 10.2. The number of rotatable bonds is 5. The summed E-state index contributed by atoms with van der Waals surface area (Å²) < 4.78 is 0. The summed E-state index contributed by atoms with van der Waals surface area (Å²) in [6.45, 7) is 4.23. The van der Waals surface area contributed by atoms with Gasteiger partial charge < -0.3 is 4.90 Å². The predicted octanol–water partition coefficient (Wildman–Crippen LogP) is 3.59. The molecule has 0 saturated carbocycles. The van der Waals surface area contributed by atoms with E-state index in [1.165, 1.54) is 11.3 Å². The van der Waals surface area contributed by atoms with Gasteiger partial charge in [-0.1, -0.05) is 44.0 Å². The molecule has 0 saturated heterocycles. The second-order valence-electron chi connectivity index (χ2n) is 3.20. The van der Waals surface area contributed by atoms with Crippen molar-refractivity contribution in [3.63, 3.8) is 0 Å². The number of alkyl halides is 2. The Bertz CT molecular complexity index is 270. The van der Waals surface area contributed by atoms with Crippen LogP contribution in [0, 0.1) is 6.92 Å². The Balaban J connectivity index is 2.75. The lowest BCUT2D eigenvalue weighted by Gasteiger charge is -2.23. The van der Waals surface area contributed by atoms with Gasteiger partial charge in [-0.05, 0) is 24.6 Å². The molecule has 1 aromatic carbocycles. The summed E-state index contributed by atoms with van der Waals surface area (Å²) in [4.78, 5) is 2.37. The van der Waals surface area contributed by atoms with E-state index in [0.717, 1.165) is 23.7 Å². The summed E-state index contributed by atoms with van der Waals surface area (Å²) in [7, 11) is 0. The van der Waals surface area contributed by atoms with E-state index in [1.807, 2.05) is 0 Å². The molecule has 0 heterocycles. The normalized spacial score (nSPS) is 10.2. The molecule has 1 rings (SSSR count). The van der Waals surface area contributed by atoms with Crippen LogP contribution in [0.4, 0.5) is 5.69 Å². The quantitative estimate of drug-likeness (QED) is 0.749. The molecule has 0 aliphatic heterocycles. The second-order valence-corrected chi connectivity index (χ2v) is 4.79. The summed E-state index contributed by atoms with van der Waals surface area (Å²) >= 11 is 6.96. The maximum atomic E-state index is 3.48. The fourth-order valence-corrected chi connectivity index (χ4v) is 2.25. The van der Waals surface area contributed by atoms with Gasteiger partial charge >= 0.3 is 0 Å². The zero-order valence-electron chi connectivity index (χ0n) is 8.34. The van der Waals surface area contributed by atoms with Crippen molar-refractivity contribution in [2.75, 3.05) is 28.6 Å². The topological polar surface area (TPSA) is 3.24 Å². The van der Waals surface area contributed by atoms with E-state index in [4.69, 9.17) is 0 Å². The maximum Gasteiger partial charge on any atom is 0.0369 e. The van der Waals surface area contributed by atoms with Crippen LogP contribution >= 0.6 is 31.9 Å². The summed E-state index contributed by atoms with van der Waals surface area (Å²) in [6.07, 6.45) is 0. The molecule has 0 fully saturated rings. The fraction of sp³-hybridized carbons (Fsp3) is 0.455. The monoisotopic (exact) mass is 319 g/mol. The molecule has 14 heavy (non-hydrogen) atoms. The minimum Gasteiger partial charge on any atom is -0.370 e. The van der Waals surface area contributed by atoms with E-state index in [0.29, 0.717) is 0 Å². The molecule has 0 unspecified atom stereocenters. The molecule has 0 amide bonds. The molecule has 1 nitrogen and oxygen atoms in total. The van der Waals surface area contributed by atoms with E-state index < -0.39 is 0 Å². The molecule has 0 aliphatic rings. The third-order valence-corrected chi connectivity index (χ3v) is 2.78. The van der Waals surface area contributed by atoms with Crippen LogP contribution in [0.15, 0.2) is 24.3 Å². The average Bonchev–Trinajstić information content (AvgIpc) is 2.17. The van der Waals surface area contributed by atoms with Crippen LogP contribution in [0.2, 0.25) is 0 Å². The molecule has 1 aromatic rings. The summed E-state index contributed by atoms with van der Waals surface area (Å²) in [5.74, 6) is 0. The third-order valence-electron chi connectivity index (χ3n) is 2.08. The van der Waals surface area contributed by atoms with Crippen LogP contribution in [0.5, 0.6) is 0 Å². The summed E-state index contributed by atoms with van der Waals surface area (Å²) in [5, 5.41) is 2.02. The van der Waals surface area contributed by atoms with Gasteiger partial charge in [-0.2, -0.15) is 0 Å². The number of benzene rings is 1. The molecule has 0 aliphatic carbocycles. The fourth-order valence-electron chi connectivity index (χ4n) is 1.40. The van der Waals surface area contributed by atoms with Gasteiger partial charge in [-0.3, -0.25) is 0 Å². The molecule has 78 valence electrons. The largest absolute Gasteiger partial charge is 0.370 e. The van der Waals surface area contributed by atoms with Crippen LogP contribution in [0.25, 0.3) is 0 Å². The first kappa shape index (κ1) is 12.1. The van der Waals surface area contributed by atoms with Crippen LogP contribution in [-0.4, -0.2) is 23.7 Å². The lowest BCUT2D eigenvalue weighted by molar-refractivity contribution is 0.884. The Morgan fingerprint density at radius 2 is 1.79 bits per heavy atom. The molecule has 0 bridgehead atoms. The molecule has 0 aromatic heterocycles. The highest BCUT2D eigenvalue weighted by atomic mass is 79.9. The van der Waals surface area contributed by atoms with Crippen molar-refractivity contribution >= 4 is 37.5 Å². The Morgan fingerprint density at radius 1 is 1.14 bits per heavy atom. The number of nitrogens with zero attached hydrogens (tertiary/aromatic N) is 1. The Morgan fingerprint density at radius 3 is 2.29 bits per heavy atom. The van der Waals surface area contributed by atoms with E-state index in [9.17, 15) is 0 Å². The minimum absolute atomic E-state index is 1.01. The Kier molecular flexibility index (Phi) is 5.56. The van der Waals surface area contributed by atoms with Crippen molar-refractivity contribution in [1.29, 1.82) is 0 Å². The molecule has 0 N–H and O–H groups in total. The van der Waals surface area contributed by atoms with E-state index in [-0.39, 0.29) is 0 Å². The maximum absolute atomic E-state index is 3.48. The highest BCUT2D eigenvalue weighted by Gasteiger charge is 2.04. The van der Waals surface area contributed by atoms with E-state index >= 15 is 0 Å². The van der Waals surface area contributed by atoms with E-state index in [1.54, 1.807) is 0 Å². The number of hydrogen-bond acceptors (Lipinski definition) is 1. The average molecular weight is 321 g/mol. The van der Waals surface area contributed by atoms with Crippen molar-refractivity contribution in [2.24, 2.45) is 0 Å². The van der Waals surface area contributed by atoms with Crippen LogP contribution in [-0.2, 0) is 0 Å². The smallest absolute Gasteiger partial charge is 0.0369 e. The summed E-state index contributed by atoms with van der Waals surface area (Å²) in [5.41, 5.74) is 2.63. The van der Waals surface area contributed by atoms with Gasteiger partial charge in [0.2, 0.25) is 0 Å². The Labute approximate surface area is 103 Å². The zero-order chi connectivity index (χ0) is 10.4. The number of anilines is 1. The molecular formula is C11H15Br2N. The third kappa shape index (κ3) is 3.62. The van der Waals surface area contributed by atoms with E-state index in [2.05, 4.69) is 67.9 Å². The highest BCUT2D eigenvalue weighted by molar-refractivity contribution is 9.09. The molecule has 0 spiro atoms. The predicted molar refractivity (Wildman–Crippen MR) is 71.0 cm³/mol. The zero-order valence-corrected chi connectivity index (χ0v) is 11.5. The molecule has 3 heteroatoms. The number of halogens is 2. The van der Waals surface area contributed by atoms with Crippen LogP contribution in [0.3, 0.4) is 0 Å². The molecule has 0 radical (unpaired) electrons. The van der Waals surface area contributed by atoms with Crippen LogP contribution in [0.1, 0.15) is 5.56 Å². The van der Waals surface area contributed by atoms with Gasteiger partial charge in [-0.15, -0.1) is 0 Å². The number of aryl methyl sites for hydroxylation is 1. The first-order valence-corrected chi connectivity index (χ1v) is 6.95. The van der Waals surface area contributed by atoms with Crippen molar-refractivity contribution < 1.29 is 0 Å². The van der Waals surface area contributed by atoms with Gasteiger partial charge in [0.05, 0.1) is 0 Å². The minimum atomic E-state index is 1.01. The highest BCUT2D eigenvalue weighted by Crippen LogP contribution is 2.15. The molecule has 0 atom stereocenters.